The van der Waals surface area contributed by atoms with Crippen LogP contribution in [0.25, 0.3) is 4.96 Å². The van der Waals surface area contributed by atoms with Gasteiger partial charge in [0, 0.05) is 29.4 Å². The van der Waals surface area contributed by atoms with Crippen LogP contribution in [0.15, 0.2) is 11.6 Å². The predicted molar refractivity (Wildman–Crippen MR) is 80.1 cm³/mol. The van der Waals surface area contributed by atoms with Crippen molar-refractivity contribution in [3.05, 3.63) is 23.0 Å². The van der Waals surface area contributed by atoms with Gasteiger partial charge in [-0.25, -0.2) is 4.98 Å². The van der Waals surface area contributed by atoms with Crippen molar-refractivity contribution in [1.29, 1.82) is 0 Å². The number of aliphatic hydroxyl groups is 1. The fourth-order valence-electron chi connectivity index (χ4n) is 2.19. The van der Waals surface area contributed by atoms with Gasteiger partial charge in [-0.1, -0.05) is 6.92 Å². The van der Waals surface area contributed by atoms with Gasteiger partial charge in [-0.3, -0.25) is 9.20 Å². The topological polar surface area (TPSA) is 66.6 Å². The Balaban J connectivity index is 2.07. The molecule has 2 N–H and O–H groups in total. The molecule has 2 heterocycles. The molecule has 0 aliphatic heterocycles. The maximum Gasteiger partial charge on any atom is 0.226 e. The maximum atomic E-state index is 12.2. The van der Waals surface area contributed by atoms with Gasteiger partial charge >= 0.3 is 0 Å². The van der Waals surface area contributed by atoms with Crippen LogP contribution in [0.3, 0.4) is 0 Å². The molecule has 110 valence electrons. The molecule has 6 heteroatoms. The lowest BCUT2D eigenvalue weighted by Crippen LogP contribution is -2.46. The van der Waals surface area contributed by atoms with E-state index in [1.54, 1.807) is 11.3 Å². The standard InChI is InChI=1S/C14H21N3O2S/c1-4-14(3,5-6-18)16-12(19)7-11-9-20-13-15-10(2)8-17(11)13/h8-9,18H,4-7H2,1-3H3,(H,16,19). The SMILES string of the molecule is CCC(C)(CCO)NC(=O)Cc1csc2nc(C)cn12. The van der Waals surface area contributed by atoms with Crippen LogP contribution in [0.5, 0.6) is 0 Å². The highest BCUT2D eigenvalue weighted by molar-refractivity contribution is 7.15. The highest BCUT2D eigenvalue weighted by Crippen LogP contribution is 2.18. The zero-order valence-corrected chi connectivity index (χ0v) is 13.0. The van der Waals surface area contributed by atoms with E-state index in [-0.39, 0.29) is 18.1 Å². The summed E-state index contributed by atoms with van der Waals surface area (Å²) >= 11 is 1.54. The first-order chi connectivity index (χ1) is 9.47. The van der Waals surface area contributed by atoms with Crippen molar-refractivity contribution < 1.29 is 9.90 Å². The first kappa shape index (κ1) is 15.0. The quantitative estimate of drug-likeness (QED) is 0.855. The predicted octanol–water partition coefficient (Wildman–Crippen LogP) is 1.91. The molecule has 0 radical (unpaired) electrons. The van der Waals surface area contributed by atoms with E-state index in [2.05, 4.69) is 10.3 Å². The first-order valence-corrected chi connectivity index (χ1v) is 7.69. The normalized spacial score (nSPS) is 14.4. The number of rotatable bonds is 6. The van der Waals surface area contributed by atoms with Gasteiger partial charge in [-0.05, 0) is 26.7 Å². The number of thiazole rings is 1. The van der Waals surface area contributed by atoms with Gasteiger partial charge in [-0.15, -0.1) is 11.3 Å². The van der Waals surface area contributed by atoms with E-state index in [0.29, 0.717) is 12.8 Å². The Morgan fingerprint density at radius 2 is 2.35 bits per heavy atom. The van der Waals surface area contributed by atoms with E-state index >= 15 is 0 Å². The number of hydrogen-bond donors (Lipinski definition) is 2. The summed E-state index contributed by atoms with van der Waals surface area (Å²) in [5.74, 6) is -0.0196. The number of carbonyl (C=O) groups is 1. The summed E-state index contributed by atoms with van der Waals surface area (Å²) < 4.78 is 1.97. The molecule has 0 aliphatic carbocycles. The van der Waals surface area contributed by atoms with Gasteiger partial charge in [-0.2, -0.15) is 0 Å². The molecule has 0 spiro atoms. The van der Waals surface area contributed by atoms with E-state index in [1.807, 2.05) is 36.7 Å². The minimum atomic E-state index is -0.341. The number of carbonyl (C=O) groups excluding carboxylic acids is 1. The van der Waals surface area contributed by atoms with Gasteiger partial charge in [0.2, 0.25) is 5.91 Å². The average Bonchev–Trinajstić information content (AvgIpc) is 2.90. The fourth-order valence-corrected chi connectivity index (χ4v) is 3.11. The summed E-state index contributed by atoms with van der Waals surface area (Å²) in [5.41, 5.74) is 1.56. The highest BCUT2D eigenvalue weighted by Gasteiger charge is 2.24. The van der Waals surface area contributed by atoms with Crippen LogP contribution in [-0.4, -0.2) is 32.5 Å². The Hall–Kier alpha value is -1.40. The van der Waals surface area contributed by atoms with E-state index in [0.717, 1.165) is 22.8 Å². The molecule has 0 bridgehead atoms. The second-order valence-electron chi connectivity index (χ2n) is 5.37. The Morgan fingerprint density at radius 1 is 1.60 bits per heavy atom. The van der Waals surface area contributed by atoms with E-state index < -0.39 is 0 Å². The van der Waals surface area contributed by atoms with E-state index in [9.17, 15) is 4.79 Å². The minimum Gasteiger partial charge on any atom is -0.396 e. The Morgan fingerprint density at radius 3 is 3.00 bits per heavy atom. The lowest BCUT2D eigenvalue weighted by molar-refractivity contribution is -0.122. The number of aliphatic hydroxyl groups excluding tert-OH is 1. The Labute approximate surface area is 122 Å². The molecule has 0 saturated heterocycles. The van der Waals surface area contributed by atoms with Crippen LogP contribution in [0, 0.1) is 6.92 Å². The average molecular weight is 295 g/mol. The van der Waals surface area contributed by atoms with Gasteiger partial charge in [0.25, 0.3) is 0 Å². The number of nitrogens with one attached hydrogen (secondary N) is 1. The van der Waals surface area contributed by atoms with Crippen molar-refractivity contribution in [2.45, 2.75) is 45.6 Å². The number of hydrogen-bond acceptors (Lipinski definition) is 4. The molecule has 20 heavy (non-hydrogen) atoms. The molecule has 2 aromatic rings. The third kappa shape index (κ3) is 3.19. The summed E-state index contributed by atoms with van der Waals surface area (Å²) in [4.78, 5) is 17.5. The number of amides is 1. The molecule has 0 aromatic carbocycles. The first-order valence-electron chi connectivity index (χ1n) is 6.81. The van der Waals surface area contributed by atoms with Crippen LogP contribution in [0.4, 0.5) is 0 Å². The molecule has 5 nitrogen and oxygen atoms in total. The van der Waals surface area contributed by atoms with Crippen LogP contribution in [-0.2, 0) is 11.2 Å². The van der Waals surface area contributed by atoms with Gasteiger partial charge in [0.05, 0.1) is 12.1 Å². The van der Waals surface area contributed by atoms with E-state index in [4.69, 9.17) is 5.11 Å². The molecule has 0 aliphatic rings. The Bertz CT molecular complexity index is 605. The summed E-state index contributed by atoms with van der Waals surface area (Å²) in [7, 11) is 0. The van der Waals surface area contributed by atoms with Crippen molar-refractivity contribution in [3.8, 4) is 0 Å². The molecule has 1 atom stereocenters. The van der Waals surface area contributed by atoms with Gasteiger partial charge < -0.3 is 10.4 Å². The number of imidazole rings is 1. The largest absolute Gasteiger partial charge is 0.396 e. The van der Waals surface area contributed by atoms with Crippen LogP contribution in [0.2, 0.25) is 0 Å². The van der Waals surface area contributed by atoms with Crippen molar-refractivity contribution in [3.63, 3.8) is 0 Å². The number of aromatic nitrogens is 2. The molecule has 2 rings (SSSR count). The molecule has 0 fully saturated rings. The number of aryl methyl sites for hydroxylation is 1. The molecule has 0 saturated carbocycles. The van der Waals surface area contributed by atoms with Crippen LogP contribution in [0.1, 0.15) is 38.1 Å². The second-order valence-corrected chi connectivity index (χ2v) is 6.21. The zero-order chi connectivity index (χ0) is 14.8. The van der Waals surface area contributed by atoms with Gasteiger partial charge in [0.15, 0.2) is 4.96 Å². The molecule has 1 amide bonds. The number of fused-ring (bicyclic) bond motifs is 1. The summed E-state index contributed by atoms with van der Waals surface area (Å²) in [6.45, 7) is 6.00. The van der Waals surface area contributed by atoms with Crippen molar-refractivity contribution in [1.82, 2.24) is 14.7 Å². The minimum absolute atomic E-state index is 0.0196. The highest BCUT2D eigenvalue weighted by atomic mass is 32.1. The second kappa shape index (κ2) is 5.93. The number of nitrogens with zero attached hydrogens (tertiary/aromatic N) is 2. The summed E-state index contributed by atoms with van der Waals surface area (Å²) in [6, 6.07) is 0. The molecular weight excluding hydrogens is 274 g/mol. The summed E-state index contributed by atoms with van der Waals surface area (Å²) in [5, 5.41) is 14.1. The lowest BCUT2D eigenvalue weighted by Gasteiger charge is -2.29. The maximum absolute atomic E-state index is 12.2. The van der Waals surface area contributed by atoms with Crippen LogP contribution < -0.4 is 5.32 Å². The summed E-state index contributed by atoms with van der Waals surface area (Å²) in [6.07, 6.45) is 3.64. The smallest absolute Gasteiger partial charge is 0.226 e. The third-order valence-corrected chi connectivity index (χ3v) is 4.52. The molecule has 2 aromatic heterocycles. The monoisotopic (exact) mass is 295 g/mol. The zero-order valence-electron chi connectivity index (χ0n) is 12.1. The van der Waals surface area contributed by atoms with Crippen molar-refractivity contribution in [2.24, 2.45) is 0 Å². The van der Waals surface area contributed by atoms with E-state index in [1.165, 1.54) is 0 Å². The fraction of sp³-hybridized carbons (Fsp3) is 0.571. The van der Waals surface area contributed by atoms with Crippen LogP contribution >= 0.6 is 11.3 Å². The van der Waals surface area contributed by atoms with Crippen molar-refractivity contribution in [2.75, 3.05) is 6.61 Å². The Kier molecular flexibility index (Phi) is 4.45. The molecular formula is C14H21N3O2S. The van der Waals surface area contributed by atoms with Gasteiger partial charge in [0.1, 0.15) is 0 Å². The molecule has 1 unspecified atom stereocenters. The lowest BCUT2D eigenvalue weighted by atomic mass is 9.94. The van der Waals surface area contributed by atoms with Crippen molar-refractivity contribution >= 4 is 22.2 Å². The third-order valence-electron chi connectivity index (χ3n) is 3.63.